The molecule has 0 radical (unpaired) electrons. The van der Waals surface area contributed by atoms with Gasteiger partial charge in [-0.3, -0.25) is 0 Å². The Kier molecular flexibility index (Phi) is 6.08. The first kappa shape index (κ1) is 16.3. The number of nitrogens with zero attached hydrogens (tertiary/aromatic N) is 1. The van der Waals surface area contributed by atoms with Gasteiger partial charge in [-0.15, -0.1) is 11.3 Å². The lowest BCUT2D eigenvalue weighted by Gasteiger charge is -2.16. The van der Waals surface area contributed by atoms with Gasteiger partial charge in [0.05, 0.1) is 7.11 Å². The zero-order valence-corrected chi connectivity index (χ0v) is 14.6. The molecule has 0 amide bonds. The molecule has 1 aromatic heterocycles. The highest BCUT2D eigenvalue weighted by Gasteiger charge is 2.10. The van der Waals surface area contributed by atoms with E-state index >= 15 is 0 Å². The molecular weight excluding hydrogens is 300 g/mol. The van der Waals surface area contributed by atoms with Crippen molar-refractivity contribution in [1.82, 2.24) is 10.3 Å². The topological polar surface area (TPSA) is 34.1 Å². The standard InChI is InChI=1S/C16H22N2OS2/c1-5-17-12(3)13-6-7-15(19-4)14(8-13)10-21-16-18-11(2)9-20-16/h6-9,12,17H,5,10H2,1-4H3. The maximum absolute atomic E-state index is 5.48. The highest BCUT2D eigenvalue weighted by molar-refractivity contribution is 8.00. The normalized spacial score (nSPS) is 12.4. The van der Waals surface area contributed by atoms with Crippen LogP contribution in [-0.4, -0.2) is 18.6 Å². The molecule has 0 spiro atoms. The second kappa shape index (κ2) is 7.82. The number of hydrogen-bond acceptors (Lipinski definition) is 5. The summed E-state index contributed by atoms with van der Waals surface area (Å²) >= 11 is 3.46. The van der Waals surface area contributed by atoms with Crippen LogP contribution in [-0.2, 0) is 5.75 Å². The molecule has 1 aromatic carbocycles. The Morgan fingerprint density at radius 3 is 2.86 bits per heavy atom. The van der Waals surface area contributed by atoms with E-state index in [1.54, 1.807) is 30.2 Å². The summed E-state index contributed by atoms with van der Waals surface area (Å²) < 4.78 is 6.59. The molecule has 0 fully saturated rings. The molecule has 3 nitrogen and oxygen atoms in total. The number of aryl methyl sites for hydroxylation is 1. The van der Waals surface area contributed by atoms with Gasteiger partial charge < -0.3 is 10.1 Å². The van der Waals surface area contributed by atoms with Gasteiger partial charge >= 0.3 is 0 Å². The highest BCUT2D eigenvalue weighted by atomic mass is 32.2. The van der Waals surface area contributed by atoms with Crippen molar-refractivity contribution in [2.24, 2.45) is 0 Å². The maximum atomic E-state index is 5.48. The van der Waals surface area contributed by atoms with Crippen LogP contribution < -0.4 is 10.1 Å². The fourth-order valence-electron chi connectivity index (χ4n) is 2.14. The summed E-state index contributed by atoms with van der Waals surface area (Å²) in [6.45, 7) is 7.31. The zero-order chi connectivity index (χ0) is 15.2. The van der Waals surface area contributed by atoms with Crippen LogP contribution >= 0.6 is 23.1 Å². The van der Waals surface area contributed by atoms with Crippen LogP contribution in [0.1, 0.15) is 36.7 Å². The molecule has 1 heterocycles. The van der Waals surface area contributed by atoms with Crippen LogP contribution in [0.4, 0.5) is 0 Å². The van der Waals surface area contributed by atoms with Crippen molar-refractivity contribution in [3.8, 4) is 5.75 Å². The first-order chi connectivity index (χ1) is 10.1. The van der Waals surface area contributed by atoms with Crippen LogP contribution in [0.5, 0.6) is 5.75 Å². The summed E-state index contributed by atoms with van der Waals surface area (Å²) in [6, 6.07) is 6.78. The number of thiazole rings is 1. The van der Waals surface area contributed by atoms with Crippen molar-refractivity contribution in [2.45, 2.75) is 36.9 Å². The molecule has 21 heavy (non-hydrogen) atoms. The summed E-state index contributed by atoms with van der Waals surface area (Å²) in [5.74, 6) is 1.83. The molecule has 0 aliphatic rings. The number of hydrogen-bond donors (Lipinski definition) is 1. The Morgan fingerprint density at radius 2 is 2.24 bits per heavy atom. The quantitative estimate of drug-likeness (QED) is 0.765. The van der Waals surface area contributed by atoms with Crippen molar-refractivity contribution < 1.29 is 4.74 Å². The van der Waals surface area contributed by atoms with Crippen molar-refractivity contribution >= 4 is 23.1 Å². The molecule has 0 aliphatic carbocycles. The summed E-state index contributed by atoms with van der Waals surface area (Å²) in [5.41, 5.74) is 3.60. The van der Waals surface area contributed by atoms with E-state index in [1.165, 1.54) is 11.1 Å². The fraction of sp³-hybridized carbons (Fsp3) is 0.438. The van der Waals surface area contributed by atoms with E-state index in [2.05, 4.69) is 47.7 Å². The number of nitrogens with one attached hydrogen (secondary N) is 1. The van der Waals surface area contributed by atoms with Gasteiger partial charge in [0.25, 0.3) is 0 Å². The smallest absolute Gasteiger partial charge is 0.150 e. The number of benzene rings is 1. The second-order valence-electron chi connectivity index (χ2n) is 4.89. The third kappa shape index (κ3) is 4.46. The van der Waals surface area contributed by atoms with E-state index in [0.29, 0.717) is 6.04 Å². The first-order valence-electron chi connectivity index (χ1n) is 7.09. The number of thioether (sulfide) groups is 1. The highest BCUT2D eigenvalue weighted by Crippen LogP contribution is 2.31. The molecule has 0 aliphatic heterocycles. The largest absolute Gasteiger partial charge is 0.496 e. The summed E-state index contributed by atoms with van der Waals surface area (Å²) in [6.07, 6.45) is 0. The van der Waals surface area contributed by atoms with Crippen LogP contribution in [0.2, 0.25) is 0 Å². The lowest BCUT2D eigenvalue weighted by Crippen LogP contribution is -2.17. The second-order valence-corrected chi connectivity index (χ2v) is 6.97. The van der Waals surface area contributed by atoms with Gasteiger partial charge in [-0.25, -0.2) is 4.98 Å². The van der Waals surface area contributed by atoms with E-state index in [4.69, 9.17) is 4.74 Å². The molecule has 5 heteroatoms. The number of aromatic nitrogens is 1. The van der Waals surface area contributed by atoms with Gasteiger partial charge in [-0.05, 0) is 38.1 Å². The minimum atomic E-state index is 0.353. The van der Waals surface area contributed by atoms with Crippen LogP contribution in [0, 0.1) is 6.92 Å². The van der Waals surface area contributed by atoms with E-state index in [-0.39, 0.29) is 0 Å². The molecule has 0 saturated heterocycles. The van der Waals surface area contributed by atoms with Crippen molar-refractivity contribution in [1.29, 1.82) is 0 Å². The Balaban J connectivity index is 2.13. The van der Waals surface area contributed by atoms with Gasteiger partial charge in [-0.1, -0.05) is 24.8 Å². The predicted molar refractivity (Wildman–Crippen MR) is 91.5 cm³/mol. The van der Waals surface area contributed by atoms with Crippen LogP contribution in [0.15, 0.2) is 27.9 Å². The fourth-order valence-corrected chi connectivity index (χ4v) is 3.97. The zero-order valence-electron chi connectivity index (χ0n) is 13.0. The van der Waals surface area contributed by atoms with Gasteiger partial charge in [0.1, 0.15) is 10.1 Å². The van der Waals surface area contributed by atoms with E-state index < -0.39 is 0 Å². The van der Waals surface area contributed by atoms with Gasteiger partial charge in [-0.2, -0.15) is 0 Å². The van der Waals surface area contributed by atoms with Crippen molar-refractivity contribution in [3.05, 3.63) is 40.4 Å². The van der Waals surface area contributed by atoms with Gasteiger partial charge in [0.2, 0.25) is 0 Å². The minimum Gasteiger partial charge on any atom is -0.496 e. The summed E-state index contributed by atoms with van der Waals surface area (Å²) in [5, 5.41) is 5.53. The number of methoxy groups -OCH3 is 1. The van der Waals surface area contributed by atoms with Crippen LogP contribution in [0.25, 0.3) is 0 Å². The molecule has 114 valence electrons. The lowest BCUT2D eigenvalue weighted by molar-refractivity contribution is 0.411. The molecule has 1 N–H and O–H groups in total. The van der Waals surface area contributed by atoms with Crippen molar-refractivity contribution in [3.63, 3.8) is 0 Å². The average Bonchev–Trinajstić information content (AvgIpc) is 2.90. The molecular formula is C16H22N2OS2. The van der Waals surface area contributed by atoms with E-state index in [1.807, 2.05) is 6.92 Å². The molecule has 2 rings (SSSR count). The Hall–Kier alpha value is -1.04. The Bertz CT molecular complexity index is 583. The Morgan fingerprint density at radius 1 is 1.43 bits per heavy atom. The Labute approximate surface area is 135 Å². The molecule has 0 saturated carbocycles. The molecule has 0 bridgehead atoms. The van der Waals surface area contributed by atoms with Crippen molar-refractivity contribution in [2.75, 3.05) is 13.7 Å². The summed E-state index contributed by atoms with van der Waals surface area (Å²) in [7, 11) is 1.73. The summed E-state index contributed by atoms with van der Waals surface area (Å²) in [4.78, 5) is 4.50. The van der Waals surface area contributed by atoms with Gasteiger partial charge in [0, 0.05) is 28.4 Å². The first-order valence-corrected chi connectivity index (χ1v) is 8.95. The predicted octanol–water partition coefficient (Wildman–Crippen LogP) is 4.42. The average molecular weight is 322 g/mol. The SMILES string of the molecule is CCNC(C)c1ccc(OC)c(CSc2nc(C)cs2)c1. The maximum Gasteiger partial charge on any atom is 0.150 e. The third-order valence-electron chi connectivity index (χ3n) is 3.26. The third-order valence-corrected chi connectivity index (χ3v) is 5.45. The molecule has 2 aromatic rings. The number of rotatable bonds is 7. The molecule has 1 unspecified atom stereocenters. The van der Waals surface area contributed by atoms with Crippen LogP contribution in [0.3, 0.4) is 0 Å². The minimum absolute atomic E-state index is 0.353. The lowest BCUT2D eigenvalue weighted by atomic mass is 10.0. The number of ether oxygens (including phenoxy) is 1. The van der Waals surface area contributed by atoms with E-state index in [0.717, 1.165) is 28.1 Å². The molecule has 1 atom stereocenters. The van der Waals surface area contributed by atoms with E-state index in [9.17, 15) is 0 Å². The van der Waals surface area contributed by atoms with Gasteiger partial charge in [0.15, 0.2) is 0 Å². The monoisotopic (exact) mass is 322 g/mol.